The van der Waals surface area contributed by atoms with Crippen LogP contribution in [0.25, 0.3) is 0 Å². The summed E-state index contributed by atoms with van der Waals surface area (Å²) in [4.78, 5) is 0. The Balaban J connectivity index is 3.60. The molecular formula is C9H14. The molecule has 0 heterocycles. The zero-order valence-electron chi connectivity index (χ0n) is 6.49. The van der Waals surface area contributed by atoms with Crippen molar-refractivity contribution in [3.63, 3.8) is 0 Å². The summed E-state index contributed by atoms with van der Waals surface area (Å²) in [6.45, 7) is 9.99. The summed E-state index contributed by atoms with van der Waals surface area (Å²) in [7, 11) is 0. The lowest BCUT2D eigenvalue weighted by Crippen LogP contribution is -1.87. The van der Waals surface area contributed by atoms with Crippen molar-refractivity contribution in [2.24, 2.45) is 5.92 Å². The van der Waals surface area contributed by atoms with Gasteiger partial charge in [-0.1, -0.05) is 26.3 Å². The fraction of sp³-hybridized carbons (Fsp3) is 0.556. The monoisotopic (exact) mass is 122 g/mol. The summed E-state index contributed by atoms with van der Waals surface area (Å²) in [5.41, 5.74) is 1.05. The molecule has 0 fully saturated rings. The Morgan fingerprint density at radius 1 is 1.56 bits per heavy atom. The molecule has 0 saturated carbocycles. The SMILES string of the molecule is C=C(C#CC)CC(C)C. The van der Waals surface area contributed by atoms with Gasteiger partial charge in [0.1, 0.15) is 0 Å². The summed E-state index contributed by atoms with van der Waals surface area (Å²) in [6, 6.07) is 0. The van der Waals surface area contributed by atoms with E-state index in [1.54, 1.807) is 0 Å². The van der Waals surface area contributed by atoms with Crippen LogP contribution in [0.2, 0.25) is 0 Å². The lowest BCUT2D eigenvalue weighted by Gasteiger charge is -1.99. The number of hydrogen-bond acceptors (Lipinski definition) is 0. The van der Waals surface area contributed by atoms with Crippen molar-refractivity contribution in [2.45, 2.75) is 27.2 Å². The van der Waals surface area contributed by atoms with E-state index in [0.29, 0.717) is 5.92 Å². The van der Waals surface area contributed by atoms with E-state index in [4.69, 9.17) is 0 Å². The fourth-order valence-corrected chi connectivity index (χ4v) is 0.721. The first-order valence-corrected chi connectivity index (χ1v) is 3.27. The molecule has 0 bridgehead atoms. The minimum absolute atomic E-state index is 0.679. The average molecular weight is 122 g/mol. The van der Waals surface area contributed by atoms with Crippen LogP contribution in [0.3, 0.4) is 0 Å². The first-order chi connectivity index (χ1) is 4.16. The van der Waals surface area contributed by atoms with E-state index in [0.717, 1.165) is 12.0 Å². The van der Waals surface area contributed by atoms with Gasteiger partial charge in [-0.15, -0.1) is 5.92 Å². The second kappa shape index (κ2) is 4.21. The lowest BCUT2D eigenvalue weighted by molar-refractivity contribution is 0.653. The second-order valence-corrected chi connectivity index (χ2v) is 2.58. The van der Waals surface area contributed by atoms with Gasteiger partial charge in [0, 0.05) is 0 Å². The molecule has 0 N–H and O–H groups in total. The smallest absolute Gasteiger partial charge is 0.00234 e. The first-order valence-electron chi connectivity index (χ1n) is 3.27. The largest absolute Gasteiger partial charge is 0.102 e. The van der Waals surface area contributed by atoms with Gasteiger partial charge in [-0.05, 0) is 24.8 Å². The van der Waals surface area contributed by atoms with E-state index < -0.39 is 0 Å². The Morgan fingerprint density at radius 2 is 2.11 bits per heavy atom. The Morgan fingerprint density at radius 3 is 2.44 bits per heavy atom. The summed E-state index contributed by atoms with van der Waals surface area (Å²) in [5.74, 6) is 6.43. The van der Waals surface area contributed by atoms with Gasteiger partial charge < -0.3 is 0 Å². The Labute approximate surface area is 58.0 Å². The van der Waals surface area contributed by atoms with Gasteiger partial charge in [0.05, 0.1) is 0 Å². The summed E-state index contributed by atoms with van der Waals surface area (Å²) < 4.78 is 0. The highest BCUT2D eigenvalue weighted by Gasteiger charge is 1.93. The van der Waals surface area contributed by atoms with E-state index >= 15 is 0 Å². The first kappa shape index (κ1) is 8.30. The molecule has 0 aliphatic heterocycles. The van der Waals surface area contributed by atoms with E-state index in [9.17, 15) is 0 Å². The third-order valence-corrected chi connectivity index (χ3v) is 0.956. The number of allylic oxidation sites excluding steroid dienone is 1. The molecule has 9 heavy (non-hydrogen) atoms. The van der Waals surface area contributed by atoms with Crippen LogP contribution >= 0.6 is 0 Å². The molecule has 50 valence electrons. The second-order valence-electron chi connectivity index (χ2n) is 2.58. The van der Waals surface area contributed by atoms with Crippen molar-refractivity contribution >= 4 is 0 Å². The highest BCUT2D eigenvalue weighted by atomic mass is 14.0. The van der Waals surface area contributed by atoms with Gasteiger partial charge in [0.15, 0.2) is 0 Å². The standard InChI is InChI=1S/C9H14/c1-5-6-9(4)7-8(2)3/h8H,4,7H2,1-3H3. The summed E-state index contributed by atoms with van der Waals surface area (Å²) in [5, 5.41) is 0. The van der Waals surface area contributed by atoms with Crippen LogP contribution in [0, 0.1) is 17.8 Å². The van der Waals surface area contributed by atoms with Crippen LogP contribution in [0.5, 0.6) is 0 Å². The van der Waals surface area contributed by atoms with Gasteiger partial charge in [0.2, 0.25) is 0 Å². The molecule has 0 aliphatic carbocycles. The average Bonchev–Trinajstić information content (AvgIpc) is 1.63. The van der Waals surface area contributed by atoms with Crippen LogP contribution in [-0.2, 0) is 0 Å². The number of hydrogen-bond donors (Lipinski definition) is 0. The molecule has 0 radical (unpaired) electrons. The minimum Gasteiger partial charge on any atom is -0.102 e. The number of rotatable bonds is 2. The Hall–Kier alpha value is -0.700. The summed E-state index contributed by atoms with van der Waals surface area (Å²) in [6.07, 6.45) is 1.03. The molecule has 0 unspecified atom stereocenters. The Kier molecular flexibility index (Phi) is 3.88. The van der Waals surface area contributed by atoms with Crippen molar-refractivity contribution < 1.29 is 0 Å². The van der Waals surface area contributed by atoms with Gasteiger partial charge in [-0.25, -0.2) is 0 Å². The molecular weight excluding hydrogens is 108 g/mol. The zero-order chi connectivity index (χ0) is 7.28. The van der Waals surface area contributed by atoms with Gasteiger partial charge in [-0.2, -0.15) is 0 Å². The van der Waals surface area contributed by atoms with Crippen molar-refractivity contribution in [3.8, 4) is 11.8 Å². The Bertz CT molecular complexity index is 141. The fourth-order valence-electron chi connectivity index (χ4n) is 0.721. The van der Waals surface area contributed by atoms with Gasteiger partial charge in [-0.3, -0.25) is 0 Å². The van der Waals surface area contributed by atoms with Crippen LogP contribution in [0.1, 0.15) is 27.2 Å². The maximum atomic E-state index is 3.81. The molecule has 0 aliphatic rings. The highest BCUT2D eigenvalue weighted by molar-refractivity contribution is 5.24. The maximum Gasteiger partial charge on any atom is -0.00234 e. The van der Waals surface area contributed by atoms with Crippen molar-refractivity contribution in [1.29, 1.82) is 0 Å². The third-order valence-electron chi connectivity index (χ3n) is 0.956. The van der Waals surface area contributed by atoms with Crippen LogP contribution in [-0.4, -0.2) is 0 Å². The molecule has 0 nitrogen and oxygen atoms in total. The molecule has 0 spiro atoms. The molecule has 0 rings (SSSR count). The van der Waals surface area contributed by atoms with E-state index in [-0.39, 0.29) is 0 Å². The van der Waals surface area contributed by atoms with Gasteiger partial charge >= 0.3 is 0 Å². The van der Waals surface area contributed by atoms with Crippen LogP contribution < -0.4 is 0 Å². The quantitative estimate of drug-likeness (QED) is 0.494. The topological polar surface area (TPSA) is 0 Å². The predicted molar refractivity (Wildman–Crippen MR) is 42.0 cm³/mol. The molecule has 0 heteroatoms. The van der Waals surface area contributed by atoms with E-state index in [1.165, 1.54) is 0 Å². The molecule has 0 saturated heterocycles. The highest BCUT2D eigenvalue weighted by Crippen LogP contribution is 2.06. The molecule has 0 amide bonds. The van der Waals surface area contributed by atoms with Crippen molar-refractivity contribution in [2.75, 3.05) is 0 Å². The lowest BCUT2D eigenvalue weighted by atomic mass is 10.1. The predicted octanol–water partition coefficient (Wildman–Crippen LogP) is 2.61. The van der Waals surface area contributed by atoms with Crippen molar-refractivity contribution in [3.05, 3.63) is 12.2 Å². The van der Waals surface area contributed by atoms with Crippen LogP contribution in [0.15, 0.2) is 12.2 Å². The normalized spacial score (nSPS) is 8.44. The van der Waals surface area contributed by atoms with E-state index in [2.05, 4.69) is 32.3 Å². The summed E-state index contributed by atoms with van der Waals surface area (Å²) >= 11 is 0. The van der Waals surface area contributed by atoms with E-state index in [1.807, 2.05) is 6.92 Å². The molecule has 0 aromatic carbocycles. The van der Waals surface area contributed by atoms with Crippen LogP contribution in [0.4, 0.5) is 0 Å². The van der Waals surface area contributed by atoms with Gasteiger partial charge in [0.25, 0.3) is 0 Å². The minimum atomic E-state index is 0.679. The molecule has 0 atom stereocenters. The van der Waals surface area contributed by atoms with Crippen molar-refractivity contribution in [1.82, 2.24) is 0 Å². The maximum absolute atomic E-state index is 3.81. The third kappa shape index (κ3) is 5.17. The molecule has 0 aromatic heterocycles. The zero-order valence-corrected chi connectivity index (χ0v) is 6.49. The molecule has 0 aromatic rings.